The molecule has 3 N–H and O–H groups in total. The number of carbonyl (C=O) groups is 2. The van der Waals surface area contributed by atoms with Crippen LogP contribution in [0, 0.1) is 0 Å². The Bertz CT molecular complexity index is 106. The lowest BCUT2D eigenvalue weighted by Crippen LogP contribution is -1.91. The Kier molecular flexibility index (Phi) is 23.1. The highest BCUT2D eigenvalue weighted by atomic mass is 16.6. The molecule has 0 saturated carbocycles. The molecule has 0 atom stereocenters. The van der Waals surface area contributed by atoms with Gasteiger partial charge in [-0.2, -0.15) is 0 Å². The summed E-state index contributed by atoms with van der Waals surface area (Å²) in [5.74, 6) is 0. The number of ether oxygens (including phenoxy) is 1. The molecule has 0 amide bonds. The fraction of sp³-hybridized carbons (Fsp3) is 0.200. The van der Waals surface area contributed by atoms with Gasteiger partial charge < -0.3 is 20.1 Å². The summed E-state index contributed by atoms with van der Waals surface area (Å²) in [6, 6.07) is 0. The summed E-state index contributed by atoms with van der Waals surface area (Å²) >= 11 is 0. The maximum Gasteiger partial charge on any atom is 0.505 e. The summed E-state index contributed by atoms with van der Waals surface area (Å²) in [5.41, 5.74) is 0. The van der Waals surface area contributed by atoms with E-state index in [1.54, 1.807) is 0 Å². The van der Waals surface area contributed by atoms with Crippen LogP contribution >= 0.6 is 0 Å². The molecule has 0 aromatic heterocycles. The average Bonchev–Trinajstić information content (AvgIpc) is 1.91. The quantitative estimate of drug-likeness (QED) is 0.370. The summed E-state index contributed by atoms with van der Waals surface area (Å²) in [6.45, 7) is 6.00. The smallest absolute Gasteiger partial charge is 0.450 e. The molecule has 0 aliphatic heterocycles. The van der Waals surface area contributed by atoms with Gasteiger partial charge in [0.25, 0.3) is 0 Å². The van der Waals surface area contributed by atoms with Crippen LogP contribution in [-0.2, 0) is 4.74 Å². The van der Waals surface area contributed by atoms with Crippen LogP contribution in [0.5, 0.6) is 0 Å². The van der Waals surface area contributed by atoms with Gasteiger partial charge in [0.05, 0.1) is 7.11 Å². The summed E-state index contributed by atoms with van der Waals surface area (Å²) in [6.07, 6.45) is -3.08. The summed E-state index contributed by atoms with van der Waals surface area (Å²) < 4.78 is 3.67. The zero-order chi connectivity index (χ0) is 9.86. The van der Waals surface area contributed by atoms with Crippen LogP contribution in [-0.4, -0.2) is 34.7 Å². The number of hydrogen-bond donors (Lipinski definition) is 3. The van der Waals surface area contributed by atoms with E-state index in [2.05, 4.69) is 17.9 Å². The van der Waals surface area contributed by atoms with Gasteiger partial charge in [0.2, 0.25) is 0 Å². The second-order valence-corrected chi connectivity index (χ2v) is 0.753. The first-order valence-corrected chi connectivity index (χ1v) is 2.19. The predicted molar refractivity (Wildman–Crippen MR) is 36.9 cm³/mol. The standard InChI is InChI=1S/C2H4O3.C2H4.CH2O3/c1-5-2(3)4;1-2;2-1(3)4/h1H3,(H,3,4);1-2H2;(H2,2,3,4). The monoisotopic (exact) mass is 166 g/mol. The highest BCUT2D eigenvalue weighted by Crippen LogP contribution is 1.60. The first kappa shape index (κ1) is 16.1. The van der Waals surface area contributed by atoms with Crippen LogP contribution in [0.25, 0.3) is 0 Å². The average molecular weight is 166 g/mol. The third-order valence-corrected chi connectivity index (χ3v) is 0.175. The molecule has 0 rings (SSSR count). The molecule has 0 aromatic rings. The van der Waals surface area contributed by atoms with Gasteiger partial charge in [-0.3, -0.25) is 0 Å². The number of carboxylic acid groups (broad SMARTS) is 3. The van der Waals surface area contributed by atoms with Crippen molar-refractivity contribution in [1.29, 1.82) is 0 Å². The first-order valence-electron chi connectivity index (χ1n) is 2.19. The van der Waals surface area contributed by atoms with Crippen molar-refractivity contribution in [2.24, 2.45) is 0 Å². The Hall–Kier alpha value is -1.72. The molecule has 0 unspecified atom stereocenters. The van der Waals surface area contributed by atoms with E-state index in [-0.39, 0.29) is 0 Å². The van der Waals surface area contributed by atoms with E-state index in [1.807, 2.05) is 0 Å². The number of methoxy groups -OCH3 is 1. The molecule has 0 bridgehead atoms. The lowest BCUT2D eigenvalue weighted by molar-refractivity contribution is 0.113. The third-order valence-electron chi connectivity index (χ3n) is 0.175. The van der Waals surface area contributed by atoms with E-state index in [4.69, 9.17) is 24.9 Å². The van der Waals surface area contributed by atoms with E-state index < -0.39 is 12.3 Å². The van der Waals surface area contributed by atoms with Crippen molar-refractivity contribution in [3.63, 3.8) is 0 Å². The normalized spacial score (nSPS) is 5.55. The van der Waals surface area contributed by atoms with E-state index in [0.29, 0.717) is 0 Å². The van der Waals surface area contributed by atoms with Crippen LogP contribution < -0.4 is 0 Å². The summed E-state index contributed by atoms with van der Waals surface area (Å²) in [7, 11) is 1.10. The third kappa shape index (κ3) is 4170. The minimum atomic E-state index is -1.83. The largest absolute Gasteiger partial charge is 0.505 e. The Morgan fingerprint density at radius 3 is 1.27 bits per heavy atom. The van der Waals surface area contributed by atoms with Crippen LogP contribution in [0.4, 0.5) is 9.59 Å². The number of hydrogen-bond acceptors (Lipinski definition) is 3. The fourth-order valence-electron chi connectivity index (χ4n) is 0. The molecular weight excluding hydrogens is 156 g/mol. The second kappa shape index (κ2) is 15.7. The van der Waals surface area contributed by atoms with Gasteiger partial charge >= 0.3 is 12.3 Å². The van der Waals surface area contributed by atoms with Crippen molar-refractivity contribution in [3.8, 4) is 0 Å². The lowest BCUT2D eigenvalue weighted by atomic mass is 11.3. The zero-order valence-electron chi connectivity index (χ0n) is 5.98. The van der Waals surface area contributed by atoms with Gasteiger partial charge in [0, 0.05) is 0 Å². The first-order chi connectivity index (χ1) is 5.00. The molecule has 0 radical (unpaired) electrons. The van der Waals surface area contributed by atoms with Crippen LogP contribution in [0.3, 0.4) is 0 Å². The van der Waals surface area contributed by atoms with Crippen molar-refractivity contribution >= 4 is 12.3 Å². The van der Waals surface area contributed by atoms with E-state index in [1.165, 1.54) is 0 Å². The van der Waals surface area contributed by atoms with E-state index in [0.717, 1.165) is 7.11 Å². The molecule has 0 fully saturated rings. The highest BCUT2D eigenvalue weighted by molar-refractivity contribution is 5.56. The van der Waals surface area contributed by atoms with Crippen molar-refractivity contribution in [2.75, 3.05) is 7.11 Å². The molecule has 6 heteroatoms. The van der Waals surface area contributed by atoms with Crippen molar-refractivity contribution < 1.29 is 29.6 Å². The van der Waals surface area contributed by atoms with Gasteiger partial charge in [-0.25, -0.2) is 9.59 Å². The Balaban J connectivity index is -0.0000000965. The van der Waals surface area contributed by atoms with Gasteiger partial charge in [0.1, 0.15) is 0 Å². The maximum atomic E-state index is 9.15. The Labute approximate surface area is 63.3 Å². The second-order valence-electron chi connectivity index (χ2n) is 0.753. The van der Waals surface area contributed by atoms with Gasteiger partial charge in [-0.1, -0.05) is 0 Å². The minimum absolute atomic E-state index is 1.10. The molecule has 0 heterocycles. The molecular formula is C5H10O6. The summed E-state index contributed by atoms with van der Waals surface area (Å²) in [4.78, 5) is 17.7. The van der Waals surface area contributed by atoms with Crippen LogP contribution in [0.1, 0.15) is 0 Å². The van der Waals surface area contributed by atoms with Crippen molar-refractivity contribution in [1.82, 2.24) is 0 Å². The number of rotatable bonds is 0. The molecule has 66 valence electrons. The maximum absolute atomic E-state index is 9.15. The zero-order valence-corrected chi connectivity index (χ0v) is 5.98. The lowest BCUT2D eigenvalue weighted by Gasteiger charge is -1.79. The Morgan fingerprint density at radius 1 is 1.18 bits per heavy atom. The topological polar surface area (TPSA) is 104 Å². The molecule has 0 aromatic carbocycles. The Morgan fingerprint density at radius 2 is 1.27 bits per heavy atom. The molecule has 0 aliphatic rings. The van der Waals surface area contributed by atoms with E-state index >= 15 is 0 Å². The fourth-order valence-corrected chi connectivity index (χ4v) is 0. The predicted octanol–water partition coefficient (Wildman–Crippen LogP) is 1.34. The molecule has 11 heavy (non-hydrogen) atoms. The van der Waals surface area contributed by atoms with Gasteiger partial charge in [-0.15, -0.1) is 13.2 Å². The SMILES string of the molecule is C=C.COC(=O)O.O=C(O)O. The highest BCUT2D eigenvalue weighted by Gasteiger charge is 1.80. The summed E-state index contributed by atoms with van der Waals surface area (Å²) in [5, 5.41) is 21.4. The van der Waals surface area contributed by atoms with Crippen molar-refractivity contribution in [2.45, 2.75) is 0 Å². The van der Waals surface area contributed by atoms with Crippen molar-refractivity contribution in [3.05, 3.63) is 13.2 Å². The van der Waals surface area contributed by atoms with Gasteiger partial charge in [0.15, 0.2) is 0 Å². The van der Waals surface area contributed by atoms with E-state index in [9.17, 15) is 0 Å². The minimum Gasteiger partial charge on any atom is -0.450 e. The molecule has 0 saturated heterocycles. The van der Waals surface area contributed by atoms with Gasteiger partial charge in [-0.05, 0) is 0 Å². The van der Waals surface area contributed by atoms with Crippen LogP contribution in [0.2, 0.25) is 0 Å². The molecule has 0 spiro atoms. The van der Waals surface area contributed by atoms with Crippen LogP contribution in [0.15, 0.2) is 13.2 Å². The molecule has 6 nitrogen and oxygen atoms in total. The molecule has 0 aliphatic carbocycles.